The van der Waals surface area contributed by atoms with Gasteiger partial charge in [-0.15, -0.1) is 0 Å². The van der Waals surface area contributed by atoms with E-state index in [9.17, 15) is 4.79 Å². The van der Waals surface area contributed by atoms with Crippen molar-refractivity contribution < 1.29 is 4.79 Å². The molecule has 1 N–H and O–H groups in total. The fraction of sp³-hybridized carbons (Fsp3) is 0.308. The summed E-state index contributed by atoms with van der Waals surface area (Å²) in [6.45, 7) is 12.1. The molecule has 2 aromatic carbocycles. The quantitative estimate of drug-likeness (QED) is 0.386. The number of carbonyl (C=O) groups is 1. The Bertz CT molecular complexity index is 947. The number of rotatable bonds is 8. The molecule has 152 valence electrons. The van der Waals surface area contributed by atoms with Gasteiger partial charge in [-0.1, -0.05) is 49.8 Å². The third-order valence-corrected chi connectivity index (χ3v) is 4.88. The molecule has 0 amide bonds. The zero-order valence-electron chi connectivity index (χ0n) is 18.5. The van der Waals surface area contributed by atoms with Crippen LogP contribution in [0.5, 0.6) is 0 Å². The largest absolute Gasteiger partial charge is 0.354 e. The highest BCUT2D eigenvalue weighted by atomic mass is 16.1. The number of ketones is 1. The molecule has 0 aromatic heterocycles. The van der Waals surface area contributed by atoms with Gasteiger partial charge in [0.15, 0.2) is 5.78 Å². The first-order valence-corrected chi connectivity index (χ1v) is 10.2. The number of aryl methyl sites for hydroxylation is 2. The molecule has 2 rings (SSSR count). The number of anilines is 1. The number of hydrogen-bond acceptors (Lipinski definition) is 3. The van der Waals surface area contributed by atoms with E-state index in [1.54, 1.807) is 0 Å². The summed E-state index contributed by atoms with van der Waals surface area (Å²) in [5.41, 5.74) is 8.19. The summed E-state index contributed by atoms with van der Waals surface area (Å²) in [5, 5.41) is 3.47. The average Bonchev–Trinajstić information content (AvgIpc) is 2.71. The first-order chi connectivity index (χ1) is 13.8. The highest BCUT2D eigenvalue weighted by Crippen LogP contribution is 2.19. The number of aliphatic imine (C=N–C) groups is 1. The van der Waals surface area contributed by atoms with E-state index in [0.29, 0.717) is 6.42 Å². The van der Waals surface area contributed by atoms with Crippen LogP contribution in [-0.2, 0) is 0 Å². The van der Waals surface area contributed by atoms with Crippen LogP contribution in [-0.4, -0.2) is 11.5 Å². The van der Waals surface area contributed by atoms with Gasteiger partial charge in [0.25, 0.3) is 0 Å². The van der Waals surface area contributed by atoms with Gasteiger partial charge in [-0.05, 0) is 69.0 Å². The fourth-order valence-corrected chi connectivity index (χ4v) is 3.05. The Balaban J connectivity index is 2.22. The predicted molar refractivity (Wildman–Crippen MR) is 126 cm³/mol. The van der Waals surface area contributed by atoms with Crippen molar-refractivity contribution in [3.63, 3.8) is 0 Å². The van der Waals surface area contributed by atoms with Gasteiger partial charge in [-0.25, -0.2) is 0 Å². The van der Waals surface area contributed by atoms with Crippen LogP contribution in [0.4, 0.5) is 5.69 Å². The van der Waals surface area contributed by atoms with Crippen LogP contribution in [0, 0.1) is 13.8 Å². The zero-order valence-corrected chi connectivity index (χ0v) is 18.5. The Morgan fingerprint density at radius 1 is 1.03 bits per heavy atom. The van der Waals surface area contributed by atoms with Gasteiger partial charge >= 0.3 is 0 Å². The van der Waals surface area contributed by atoms with E-state index in [1.807, 2.05) is 45.2 Å². The molecule has 0 aliphatic heterocycles. The summed E-state index contributed by atoms with van der Waals surface area (Å²) >= 11 is 0. The Hall–Kier alpha value is -2.94. The van der Waals surface area contributed by atoms with Crippen molar-refractivity contribution in [1.29, 1.82) is 0 Å². The molecular formula is C26H32N2O. The molecule has 0 aliphatic rings. The smallest absolute Gasteiger partial charge is 0.162 e. The summed E-state index contributed by atoms with van der Waals surface area (Å²) in [4.78, 5) is 16.7. The standard InChI is InChI=1S/C26H32N2O/c1-7-9-25(28-23-14-15-24(19(4)16-23)26(29)8-2)21(6)27-17-20(5)22-12-10-18(3)11-13-22/h9-17,28H,7-8H2,1-6H3/b20-17+,25-9-,27-21+. The van der Waals surface area contributed by atoms with E-state index in [0.717, 1.165) is 40.2 Å². The molecule has 0 saturated heterocycles. The minimum Gasteiger partial charge on any atom is -0.354 e. The Morgan fingerprint density at radius 3 is 2.31 bits per heavy atom. The monoisotopic (exact) mass is 388 g/mol. The number of hydrogen-bond donors (Lipinski definition) is 1. The topological polar surface area (TPSA) is 41.5 Å². The Labute approximate surface area is 175 Å². The van der Waals surface area contributed by atoms with Gasteiger partial charge in [0, 0.05) is 23.9 Å². The van der Waals surface area contributed by atoms with Crippen molar-refractivity contribution in [3.05, 3.63) is 82.7 Å². The lowest BCUT2D eigenvalue weighted by Crippen LogP contribution is -2.09. The summed E-state index contributed by atoms with van der Waals surface area (Å²) in [6.07, 6.45) is 5.47. The van der Waals surface area contributed by atoms with Crippen molar-refractivity contribution >= 4 is 22.8 Å². The lowest BCUT2D eigenvalue weighted by molar-refractivity contribution is 0.0987. The molecule has 0 spiro atoms. The van der Waals surface area contributed by atoms with E-state index in [-0.39, 0.29) is 5.78 Å². The molecule has 0 saturated carbocycles. The molecule has 0 unspecified atom stereocenters. The maximum absolute atomic E-state index is 12.0. The van der Waals surface area contributed by atoms with Gasteiger partial charge in [-0.3, -0.25) is 9.79 Å². The highest BCUT2D eigenvalue weighted by Gasteiger charge is 2.09. The number of allylic oxidation sites excluding steroid dienone is 3. The number of Topliss-reactive ketones (excluding diaryl/α,β-unsaturated/α-hetero) is 1. The van der Waals surface area contributed by atoms with Crippen molar-refractivity contribution in [2.75, 3.05) is 5.32 Å². The van der Waals surface area contributed by atoms with Crippen LogP contribution in [0.1, 0.15) is 67.6 Å². The molecule has 0 fully saturated rings. The van der Waals surface area contributed by atoms with E-state index in [1.165, 1.54) is 11.1 Å². The van der Waals surface area contributed by atoms with Crippen molar-refractivity contribution in [2.45, 2.75) is 54.4 Å². The third-order valence-electron chi connectivity index (χ3n) is 4.88. The predicted octanol–water partition coefficient (Wildman–Crippen LogP) is 7.12. The molecule has 0 aliphatic carbocycles. The second kappa shape index (κ2) is 10.6. The minimum atomic E-state index is 0.174. The van der Waals surface area contributed by atoms with E-state index in [4.69, 9.17) is 0 Å². The lowest BCUT2D eigenvalue weighted by atomic mass is 10.0. The van der Waals surface area contributed by atoms with Gasteiger partial charge in [-0.2, -0.15) is 0 Å². The Morgan fingerprint density at radius 2 is 1.72 bits per heavy atom. The summed E-state index contributed by atoms with van der Waals surface area (Å²) < 4.78 is 0. The van der Waals surface area contributed by atoms with E-state index < -0.39 is 0 Å². The minimum absolute atomic E-state index is 0.174. The van der Waals surface area contributed by atoms with Crippen molar-refractivity contribution in [3.8, 4) is 0 Å². The molecule has 3 nitrogen and oxygen atoms in total. The van der Waals surface area contributed by atoms with E-state index in [2.05, 4.69) is 61.4 Å². The molecule has 0 atom stereocenters. The highest BCUT2D eigenvalue weighted by molar-refractivity contribution is 6.02. The van der Waals surface area contributed by atoms with Gasteiger partial charge in [0.05, 0.1) is 11.4 Å². The van der Waals surface area contributed by atoms with E-state index >= 15 is 0 Å². The van der Waals surface area contributed by atoms with Gasteiger partial charge < -0.3 is 5.32 Å². The van der Waals surface area contributed by atoms with Crippen LogP contribution in [0.3, 0.4) is 0 Å². The molecule has 29 heavy (non-hydrogen) atoms. The van der Waals surface area contributed by atoms with Gasteiger partial charge in [0.1, 0.15) is 0 Å². The van der Waals surface area contributed by atoms with Crippen LogP contribution in [0.2, 0.25) is 0 Å². The van der Waals surface area contributed by atoms with Gasteiger partial charge in [0.2, 0.25) is 0 Å². The van der Waals surface area contributed by atoms with Crippen LogP contribution < -0.4 is 5.32 Å². The summed E-state index contributed by atoms with van der Waals surface area (Å²) in [6, 6.07) is 14.4. The normalized spacial score (nSPS) is 12.8. The molecule has 2 aromatic rings. The van der Waals surface area contributed by atoms with Crippen molar-refractivity contribution in [2.24, 2.45) is 4.99 Å². The second-order valence-corrected chi connectivity index (χ2v) is 7.35. The Kier molecular flexibility index (Phi) is 8.14. The maximum Gasteiger partial charge on any atom is 0.162 e. The molecule has 0 heterocycles. The fourth-order valence-electron chi connectivity index (χ4n) is 3.05. The molecular weight excluding hydrogens is 356 g/mol. The van der Waals surface area contributed by atoms with Crippen LogP contribution >= 0.6 is 0 Å². The average molecular weight is 389 g/mol. The first-order valence-electron chi connectivity index (χ1n) is 10.2. The lowest BCUT2D eigenvalue weighted by Gasteiger charge is -2.13. The number of carbonyl (C=O) groups excluding carboxylic acids is 1. The third kappa shape index (κ3) is 6.28. The van der Waals surface area contributed by atoms with Crippen molar-refractivity contribution in [1.82, 2.24) is 0 Å². The molecule has 0 radical (unpaired) electrons. The number of benzene rings is 2. The first kappa shape index (κ1) is 22.4. The number of nitrogens with one attached hydrogen (secondary N) is 1. The summed E-state index contributed by atoms with van der Waals surface area (Å²) in [7, 11) is 0. The molecule has 0 bridgehead atoms. The SMILES string of the molecule is CC/C=C(Nc1ccc(C(=O)CC)c(C)c1)/C(C)=N/C=C(\C)c1ccc(C)cc1. The van der Waals surface area contributed by atoms with Crippen LogP contribution in [0.25, 0.3) is 5.57 Å². The number of nitrogens with zero attached hydrogens (tertiary/aromatic N) is 1. The summed E-state index contributed by atoms with van der Waals surface area (Å²) in [5.74, 6) is 0.174. The zero-order chi connectivity index (χ0) is 21.4. The molecule has 3 heteroatoms. The maximum atomic E-state index is 12.0. The van der Waals surface area contributed by atoms with Crippen LogP contribution in [0.15, 0.2) is 65.4 Å². The second-order valence-electron chi connectivity index (χ2n) is 7.35.